The zero-order valence-corrected chi connectivity index (χ0v) is 15.6. The largest absolute Gasteiger partial charge is 0.452 e. The Morgan fingerprint density at radius 1 is 1.24 bits per heavy atom. The van der Waals surface area contributed by atoms with Gasteiger partial charge >= 0.3 is 5.97 Å². The van der Waals surface area contributed by atoms with Crippen molar-refractivity contribution >= 4 is 55.1 Å². The third-order valence-electron chi connectivity index (χ3n) is 2.82. The molecule has 132 valence electrons. The van der Waals surface area contributed by atoms with Crippen molar-refractivity contribution in [2.24, 2.45) is 5.14 Å². The highest BCUT2D eigenvalue weighted by Gasteiger charge is 2.18. The van der Waals surface area contributed by atoms with Crippen molar-refractivity contribution in [3.05, 3.63) is 50.6 Å². The molecule has 0 aliphatic carbocycles. The minimum atomic E-state index is -4.00. The number of halogens is 1. The molecule has 0 fully saturated rings. The zero-order valence-electron chi connectivity index (χ0n) is 12.4. The average molecular weight is 447 g/mol. The molecular weight excluding hydrogens is 436 g/mol. The van der Waals surface area contributed by atoms with Gasteiger partial charge in [0.15, 0.2) is 6.61 Å². The molecule has 0 unspecified atom stereocenters. The van der Waals surface area contributed by atoms with E-state index in [9.17, 15) is 22.8 Å². The van der Waals surface area contributed by atoms with Gasteiger partial charge in [0.1, 0.15) is 0 Å². The number of sulfonamides is 1. The van der Waals surface area contributed by atoms with Gasteiger partial charge in [-0.05, 0) is 45.6 Å². The Hall–Kier alpha value is -2.08. The molecule has 0 aliphatic heterocycles. The third kappa shape index (κ3) is 5.19. The van der Waals surface area contributed by atoms with Crippen molar-refractivity contribution < 1.29 is 27.5 Å². The van der Waals surface area contributed by atoms with Crippen LogP contribution in [0.4, 0.5) is 0 Å². The van der Waals surface area contributed by atoms with Crippen LogP contribution < -0.4 is 10.5 Å². The number of thiophene rings is 1. The fourth-order valence-corrected chi connectivity index (χ4v) is 3.25. The number of hydrogen-bond acceptors (Lipinski definition) is 7. The molecule has 0 bridgehead atoms. The van der Waals surface area contributed by atoms with Gasteiger partial charge in [-0.25, -0.2) is 18.4 Å². The van der Waals surface area contributed by atoms with E-state index in [4.69, 9.17) is 9.88 Å². The Morgan fingerprint density at radius 2 is 1.96 bits per heavy atom. The second-order valence-electron chi connectivity index (χ2n) is 4.62. The predicted octanol–water partition coefficient (Wildman–Crippen LogP) is 1.27. The quantitative estimate of drug-likeness (QED) is 0.664. The molecular formula is C14H11BrN2O6S2. The van der Waals surface area contributed by atoms with E-state index in [0.717, 1.165) is 17.4 Å². The maximum atomic E-state index is 12.0. The maximum absolute atomic E-state index is 12.0. The Balaban J connectivity index is 2.00. The summed E-state index contributed by atoms with van der Waals surface area (Å²) < 4.78 is 27.7. The van der Waals surface area contributed by atoms with Gasteiger partial charge < -0.3 is 4.74 Å². The standard InChI is InChI=1S/C14H11BrN2O6S2/c15-10-4-3-8(25(16,21)22)6-9(10)14(20)23-7-12(18)17-13(19)11-2-1-5-24-11/h1-6H,7H2,(H2,16,21,22)(H,17,18,19). The molecule has 11 heteroatoms. The number of carbonyl (C=O) groups excluding carboxylic acids is 3. The highest BCUT2D eigenvalue weighted by molar-refractivity contribution is 9.10. The number of imide groups is 1. The molecule has 1 heterocycles. The molecule has 0 spiro atoms. The van der Waals surface area contributed by atoms with E-state index in [0.29, 0.717) is 4.88 Å². The van der Waals surface area contributed by atoms with Gasteiger partial charge in [-0.3, -0.25) is 14.9 Å². The highest BCUT2D eigenvalue weighted by atomic mass is 79.9. The lowest BCUT2D eigenvalue weighted by Gasteiger charge is -2.08. The van der Waals surface area contributed by atoms with Crippen molar-refractivity contribution in [3.63, 3.8) is 0 Å². The minimum Gasteiger partial charge on any atom is -0.452 e. The van der Waals surface area contributed by atoms with Crippen LogP contribution in [0.3, 0.4) is 0 Å². The van der Waals surface area contributed by atoms with Gasteiger partial charge in [-0.1, -0.05) is 6.07 Å². The topological polar surface area (TPSA) is 133 Å². The lowest BCUT2D eigenvalue weighted by molar-refractivity contribution is -0.123. The summed E-state index contributed by atoms with van der Waals surface area (Å²) in [5, 5.41) is 8.75. The van der Waals surface area contributed by atoms with Gasteiger partial charge in [0.05, 0.1) is 15.3 Å². The first kappa shape index (κ1) is 19.2. The van der Waals surface area contributed by atoms with E-state index in [1.807, 2.05) is 0 Å². The number of amides is 2. The van der Waals surface area contributed by atoms with E-state index < -0.39 is 34.4 Å². The van der Waals surface area contributed by atoms with Gasteiger partial charge in [0.25, 0.3) is 11.8 Å². The number of benzene rings is 1. The van der Waals surface area contributed by atoms with Gasteiger partial charge in [-0.15, -0.1) is 11.3 Å². The lowest BCUT2D eigenvalue weighted by Crippen LogP contribution is -2.33. The van der Waals surface area contributed by atoms with Gasteiger partial charge in [-0.2, -0.15) is 0 Å². The van der Waals surface area contributed by atoms with E-state index in [2.05, 4.69) is 21.2 Å². The van der Waals surface area contributed by atoms with Crippen molar-refractivity contribution in [1.29, 1.82) is 0 Å². The van der Waals surface area contributed by atoms with E-state index >= 15 is 0 Å². The molecule has 0 saturated carbocycles. The fourth-order valence-electron chi connectivity index (χ4n) is 1.68. The Bertz CT molecular complexity index is 925. The number of carbonyl (C=O) groups is 3. The Labute approximate surface area is 155 Å². The number of ether oxygens (including phenoxy) is 1. The molecule has 2 rings (SSSR count). The van der Waals surface area contributed by atoms with Crippen molar-refractivity contribution in [3.8, 4) is 0 Å². The third-order valence-corrected chi connectivity index (χ3v) is 5.29. The first-order valence-electron chi connectivity index (χ1n) is 6.55. The summed E-state index contributed by atoms with van der Waals surface area (Å²) in [4.78, 5) is 35.4. The molecule has 0 atom stereocenters. The molecule has 3 N–H and O–H groups in total. The summed E-state index contributed by atoms with van der Waals surface area (Å²) in [5.74, 6) is -2.37. The van der Waals surface area contributed by atoms with Crippen LogP contribution in [0.1, 0.15) is 20.0 Å². The number of nitrogens with two attached hydrogens (primary N) is 1. The zero-order chi connectivity index (χ0) is 18.6. The van der Waals surface area contributed by atoms with Crippen LogP contribution in [0.2, 0.25) is 0 Å². The lowest BCUT2D eigenvalue weighted by atomic mass is 10.2. The summed E-state index contributed by atoms with van der Waals surface area (Å²) >= 11 is 4.23. The minimum absolute atomic E-state index is 0.121. The molecule has 2 amide bonds. The number of rotatable bonds is 5. The van der Waals surface area contributed by atoms with E-state index in [-0.39, 0.29) is 14.9 Å². The van der Waals surface area contributed by atoms with Crippen LogP contribution in [-0.2, 0) is 19.6 Å². The van der Waals surface area contributed by atoms with Crippen LogP contribution >= 0.6 is 27.3 Å². The smallest absolute Gasteiger partial charge is 0.339 e. The molecule has 2 aromatic rings. The van der Waals surface area contributed by atoms with Crippen LogP contribution in [0, 0.1) is 0 Å². The summed E-state index contributed by atoms with van der Waals surface area (Å²) in [7, 11) is -4.00. The Kier molecular flexibility index (Phi) is 6.06. The van der Waals surface area contributed by atoms with Gasteiger partial charge in [0, 0.05) is 4.47 Å². The molecule has 8 nitrogen and oxygen atoms in total. The number of nitrogens with one attached hydrogen (secondary N) is 1. The normalized spacial score (nSPS) is 11.0. The molecule has 25 heavy (non-hydrogen) atoms. The van der Waals surface area contributed by atoms with Crippen LogP contribution in [-0.4, -0.2) is 32.8 Å². The van der Waals surface area contributed by atoms with Crippen molar-refractivity contribution in [1.82, 2.24) is 5.32 Å². The van der Waals surface area contributed by atoms with E-state index in [1.54, 1.807) is 11.4 Å². The first-order valence-corrected chi connectivity index (χ1v) is 9.77. The SMILES string of the molecule is NS(=O)(=O)c1ccc(Br)c(C(=O)OCC(=O)NC(=O)c2cccs2)c1. The number of esters is 1. The van der Waals surface area contributed by atoms with Crippen molar-refractivity contribution in [2.75, 3.05) is 6.61 Å². The summed E-state index contributed by atoms with van der Waals surface area (Å²) in [6.07, 6.45) is 0. The Morgan fingerprint density at radius 3 is 2.56 bits per heavy atom. The molecule has 1 aromatic carbocycles. The monoisotopic (exact) mass is 446 g/mol. The predicted molar refractivity (Wildman–Crippen MR) is 92.6 cm³/mol. The second kappa shape index (κ2) is 7.87. The van der Waals surface area contributed by atoms with Crippen LogP contribution in [0.25, 0.3) is 0 Å². The number of hydrogen-bond donors (Lipinski definition) is 2. The molecule has 0 aliphatic rings. The average Bonchev–Trinajstić information content (AvgIpc) is 3.06. The number of primary sulfonamides is 1. The summed E-state index contributed by atoms with van der Waals surface area (Å²) in [5.41, 5.74) is -0.121. The summed E-state index contributed by atoms with van der Waals surface area (Å²) in [6, 6.07) is 6.74. The van der Waals surface area contributed by atoms with Gasteiger partial charge in [0.2, 0.25) is 10.0 Å². The van der Waals surface area contributed by atoms with Crippen LogP contribution in [0.5, 0.6) is 0 Å². The second-order valence-corrected chi connectivity index (χ2v) is 7.98. The maximum Gasteiger partial charge on any atom is 0.339 e. The summed E-state index contributed by atoms with van der Waals surface area (Å²) in [6.45, 7) is -0.706. The first-order chi connectivity index (χ1) is 11.7. The van der Waals surface area contributed by atoms with E-state index in [1.165, 1.54) is 18.2 Å². The van der Waals surface area contributed by atoms with Crippen LogP contribution in [0.15, 0.2) is 45.1 Å². The van der Waals surface area contributed by atoms with Crippen molar-refractivity contribution in [2.45, 2.75) is 4.90 Å². The molecule has 1 aromatic heterocycles. The molecule has 0 radical (unpaired) electrons. The fraction of sp³-hybridized carbons (Fsp3) is 0.0714. The molecule has 0 saturated heterocycles. The highest BCUT2D eigenvalue weighted by Crippen LogP contribution is 2.21.